The lowest BCUT2D eigenvalue weighted by molar-refractivity contribution is 0.101. The van der Waals surface area contributed by atoms with Crippen molar-refractivity contribution in [3.63, 3.8) is 0 Å². The third-order valence-electron chi connectivity index (χ3n) is 6.14. The highest BCUT2D eigenvalue weighted by molar-refractivity contribution is 6.07. The highest BCUT2D eigenvalue weighted by atomic mass is 16.7. The van der Waals surface area contributed by atoms with E-state index in [4.69, 9.17) is 18.6 Å². The predicted molar refractivity (Wildman–Crippen MR) is 132 cm³/mol. The van der Waals surface area contributed by atoms with Crippen LogP contribution in [0.4, 0.5) is 17.3 Å². The van der Waals surface area contributed by atoms with Gasteiger partial charge in [0.25, 0.3) is 0 Å². The summed E-state index contributed by atoms with van der Waals surface area (Å²) in [5.74, 6) is 1.35. The van der Waals surface area contributed by atoms with Crippen molar-refractivity contribution in [3.8, 4) is 22.8 Å². The van der Waals surface area contributed by atoms with Crippen LogP contribution in [0, 0.1) is 0 Å². The maximum absolute atomic E-state index is 12.8. The van der Waals surface area contributed by atoms with Crippen LogP contribution in [0.2, 0.25) is 0 Å². The summed E-state index contributed by atoms with van der Waals surface area (Å²) in [6.07, 6.45) is 1.65. The number of aromatic nitrogens is 2. The number of benzene rings is 2. The Bertz CT molecular complexity index is 1540. The summed E-state index contributed by atoms with van der Waals surface area (Å²) in [6, 6.07) is 12.8. The van der Waals surface area contributed by atoms with Gasteiger partial charge in [0.15, 0.2) is 17.3 Å². The number of Topliss-reactive ketones (excluding diaryl/α,β-unsaturated/α-hetero) is 1. The quantitative estimate of drug-likeness (QED) is 0.330. The Morgan fingerprint density at radius 1 is 1.08 bits per heavy atom. The molecule has 0 spiro atoms. The molecule has 0 unspecified atom stereocenters. The van der Waals surface area contributed by atoms with Crippen LogP contribution in [0.15, 0.2) is 57.9 Å². The van der Waals surface area contributed by atoms with E-state index in [1.54, 1.807) is 18.3 Å². The zero-order valence-corrected chi connectivity index (χ0v) is 19.4. The van der Waals surface area contributed by atoms with E-state index in [0.29, 0.717) is 71.8 Å². The third-order valence-corrected chi connectivity index (χ3v) is 6.14. The number of hydrogen-bond acceptors (Lipinski definition) is 10. The minimum absolute atomic E-state index is 0.0581. The second-order valence-electron chi connectivity index (χ2n) is 8.41. The van der Waals surface area contributed by atoms with Crippen molar-refractivity contribution in [2.75, 3.05) is 43.3 Å². The molecule has 6 rings (SSSR count). The van der Waals surface area contributed by atoms with Crippen LogP contribution in [0.25, 0.3) is 22.2 Å². The molecule has 0 bridgehead atoms. The van der Waals surface area contributed by atoms with Crippen molar-refractivity contribution in [1.82, 2.24) is 9.97 Å². The summed E-state index contributed by atoms with van der Waals surface area (Å²) in [7, 11) is 0. The standard InChI is InChI=1S/C26H22N4O6/c1-15(31)22-23(30-9-11-33-12-10-30)18-6-5-16(13-21(18)36-25(22)32)28-26-27-8-7-19(29-26)17-3-2-4-20-24(17)35-14-34-20/h2-8,13H,9-12,14H2,1H3,(H,27,28,29). The highest BCUT2D eigenvalue weighted by Crippen LogP contribution is 2.40. The second-order valence-corrected chi connectivity index (χ2v) is 8.41. The molecule has 182 valence electrons. The molecule has 2 aromatic carbocycles. The fourth-order valence-corrected chi connectivity index (χ4v) is 4.52. The van der Waals surface area contributed by atoms with Gasteiger partial charge in [0.05, 0.1) is 24.6 Å². The molecule has 0 atom stereocenters. The van der Waals surface area contributed by atoms with E-state index in [1.165, 1.54) is 6.92 Å². The molecular formula is C26H22N4O6. The van der Waals surface area contributed by atoms with Gasteiger partial charge in [-0.15, -0.1) is 0 Å². The first-order valence-electron chi connectivity index (χ1n) is 11.5. The van der Waals surface area contributed by atoms with Gasteiger partial charge in [-0.1, -0.05) is 6.07 Å². The number of nitrogens with one attached hydrogen (secondary N) is 1. The smallest absolute Gasteiger partial charge is 0.349 e. The Balaban J connectivity index is 1.37. The van der Waals surface area contributed by atoms with Gasteiger partial charge < -0.3 is 28.8 Å². The van der Waals surface area contributed by atoms with Gasteiger partial charge in [0.1, 0.15) is 11.1 Å². The van der Waals surface area contributed by atoms with Crippen molar-refractivity contribution in [2.24, 2.45) is 0 Å². The summed E-state index contributed by atoms with van der Waals surface area (Å²) >= 11 is 0. The lowest BCUT2D eigenvalue weighted by Crippen LogP contribution is -2.38. The van der Waals surface area contributed by atoms with Gasteiger partial charge in [-0.25, -0.2) is 14.8 Å². The Morgan fingerprint density at radius 2 is 1.94 bits per heavy atom. The van der Waals surface area contributed by atoms with Crippen molar-refractivity contribution >= 4 is 34.1 Å². The zero-order chi connectivity index (χ0) is 24.6. The first-order chi connectivity index (χ1) is 17.6. The maximum atomic E-state index is 12.8. The molecule has 1 N–H and O–H groups in total. The van der Waals surface area contributed by atoms with E-state index in [-0.39, 0.29) is 18.1 Å². The van der Waals surface area contributed by atoms with Crippen molar-refractivity contribution in [1.29, 1.82) is 0 Å². The SMILES string of the molecule is CC(=O)c1c(N2CCOCC2)c2ccc(Nc3nccc(-c4cccc5c4OCO5)n3)cc2oc1=O. The molecule has 2 aromatic heterocycles. The minimum atomic E-state index is -0.660. The normalized spacial score (nSPS) is 14.8. The van der Waals surface area contributed by atoms with Gasteiger partial charge in [0.2, 0.25) is 12.7 Å². The summed E-state index contributed by atoms with van der Waals surface area (Å²) in [5.41, 5.74) is 2.44. The number of carbonyl (C=O) groups excluding carboxylic acids is 1. The topological polar surface area (TPSA) is 116 Å². The van der Waals surface area contributed by atoms with Crippen molar-refractivity contribution in [2.45, 2.75) is 6.92 Å². The molecule has 10 nitrogen and oxygen atoms in total. The van der Waals surface area contributed by atoms with E-state index in [2.05, 4.69) is 15.3 Å². The fraction of sp³-hybridized carbons (Fsp3) is 0.231. The number of para-hydroxylation sites is 1. The number of nitrogens with zero attached hydrogens (tertiary/aromatic N) is 3. The summed E-state index contributed by atoms with van der Waals surface area (Å²) in [5, 5.41) is 3.85. The molecule has 0 radical (unpaired) electrons. The summed E-state index contributed by atoms with van der Waals surface area (Å²) in [4.78, 5) is 36.1. The molecular weight excluding hydrogens is 464 g/mol. The van der Waals surface area contributed by atoms with Crippen LogP contribution < -0.4 is 25.3 Å². The van der Waals surface area contributed by atoms with Crippen LogP contribution in [-0.2, 0) is 4.74 Å². The number of fused-ring (bicyclic) bond motifs is 2. The van der Waals surface area contributed by atoms with Gasteiger partial charge >= 0.3 is 5.63 Å². The number of ether oxygens (including phenoxy) is 3. The van der Waals surface area contributed by atoms with E-state index in [9.17, 15) is 9.59 Å². The van der Waals surface area contributed by atoms with Gasteiger partial charge in [0, 0.05) is 42.0 Å². The average Bonchev–Trinajstić information content (AvgIpc) is 3.37. The Kier molecular flexibility index (Phi) is 5.49. The van der Waals surface area contributed by atoms with Gasteiger partial charge in [-0.05, 0) is 37.3 Å². The molecule has 36 heavy (non-hydrogen) atoms. The molecule has 2 aliphatic rings. The fourth-order valence-electron chi connectivity index (χ4n) is 4.52. The second kappa shape index (κ2) is 8.97. The molecule has 4 aromatic rings. The van der Waals surface area contributed by atoms with Crippen molar-refractivity contribution < 1.29 is 23.4 Å². The minimum Gasteiger partial charge on any atom is -0.454 e. The number of carbonyl (C=O) groups is 1. The molecule has 2 aliphatic heterocycles. The molecule has 4 heterocycles. The predicted octanol–water partition coefficient (Wildman–Crippen LogP) is 3.76. The lowest BCUT2D eigenvalue weighted by Gasteiger charge is -2.30. The zero-order valence-electron chi connectivity index (χ0n) is 19.4. The highest BCUT2D eigenvalue weighted by Gasteiger charge is 2.25. The van der Waals surface area contributed by atoms with Crippen LogP contribution >= 0.6 is 0 Å². The number of rotatable bonds is 5. The first-order valence-corrected chi connectivity index (χ1v) is 11.5. The Labute approximate surface area is 205 Å². The van der Waals surface area contributed by atoms with E-state index < -0.39 is 5.63 Å². The number of ketones is 1. The average molecular weight is 486 g/mol. The number of hydrogen-bond donors (Lipinski definition) is 1. The molecule has 1 fully saturated rings. The summed E-state index contributed by atoms with van der Waals surface area (Å²) < 4.78 is 22.1. The molecule has 0 saturated carbocycles. The lowest BCUT2D eigenvalue weighted by atomic mass is 10.1. The first kappa shape index (κ1) is 22.1. The van der Waals surface area contributed by atoms with E-state index in [1.807, 2.05) is 35.2 Å². The maximum Gasteiger partial charge on any atom is 0.349 e. The third kappa shape index (κ3) is 3.91. The van der Waals surface area contributed by atoms with Gasteiger partial charge in [-0.2, -0.15) is 0 Å². The Morgan fingerprint density at radius 3 is 2.78 bits per heavy atom. The van der Waals surface area contributed by atoms with Crippen molar-refractivity contribution in [3.05, 3.63) is 64.6 Å². The largest absolute Gasteiger partial charge is 0.454 e. The monoisotopic (exact) mass is 486 g/mol. The van der Waals surface area contributed by atoms with E-state index >= 15 is 0 Å². The van der Waals surface area contributed by atoms with Gasteiger partial charge in [-0.3, -0.25) is 4.79 Å². The molecule has 0 amide bonds. The van der Waals surface area contributed by atoms with Crippen LogP contribution in [0.3, 0.4) is 0 Å². The molecule has 1 saturated heterocycles. The molecule has 10 heteroatoms. The summed E-state index contributed by atoms with van der Waals surface area (Å²) in [6.45, 7) is 3.75. The van der Waals surface area contributed by atoms with Crippen LogP contribution in [0.1, 0.15) is 17.3 Å². The molecule has 0 aliphatic carbocycles. The number of morpholine rings is 1. The van der Waals surface area contributed by atoms with Crippen LogP contribution in [-0.4, -0.2) is 48.8 Å². The number of anilines is 3. The Hall–Kier alpha value is -4.44. The van der Waals surface area contributed by atoms with E-state index in [0.717, 1.165) is 5.56 Å². The van der Waals surface area contributed by atoms with Crippen LogP contribution in [0.5, 0.6) is 11.5 Å².